The van der Waals surface area contributed by atoms with Gasteiger partial charge in [-0.15, -0.1) is 22.3 Å². The molecule has 0 fully saturated rings. The molecule has 0 saturated heterocycles. The third kappa shape index (κ3) is 15.5. The monoisotopic (exact) mass is 790 g/mol. The molecule has 2 aliphatic rings. The van der Waals surface area contributed by atoms with Gasteiger partial charge in [0.25, 0.3) is 0 Å². The van der Waals surface area contributed by atoms with Crippen LogP contribution in [0.25, 0.3) is 46.4 Å². The van der Waals surface area contributed by atoms with Gasteiger partial charge in [-0.25, -0.2) is 9.97 Å². The van der Waals surface area contributed by atoms with E-state index in [-0.39, 0.29) is 17.1 Å². The number of nitrogens with two attached hydrogens (primary N) is 4. The molecule has 0 radical (unpaired) electrons. The molecule has 5 heterocycles. The maximum atomic E-state index is 5.34. The van der Waals surface area contributed by atoms with Crippen LogP contribution in [0.2, 0.25) is 0 Å². The van der Waals surface area contributed by atoms with Crippen LogP contribution in [0.15, 0.2) is 146 Å². The van der Waals surface area contributed by atoms with Gasteiger partial charge < -0.3 is 32.9 Å². The maximum Gasteiger partial charge on any atom is 4.00 e. The van der Waals surface area contributed by atoms with E-state index >= 15 is 0 Å². The normalized spacial score (nSPS) is 10.5. The van der Waals surface area contributed by atoms with E-state index in [1.807, 2.05) is 140 Å². The number of hydrogen-bond donors (Lipinski definition) is 6. The Labute approximate surface area is 345 Å². The molecule has 8 bridgehead atoms. The van der Waals surface area contributed by atoms with Gasteiger partial charge in [0, 0.05) is 22.1 Å². The van der Waals surface area contributed by atoms with Crippen molar-refractivity contribution in [3.63, 3.8) is 0 Å². The Kier molecular flexibility index (Phi) is 18.6. The summed E-state index contributed by atoms with van der Waals surface area (Å²) in [5, 5.41) is 0. The Bertz CT molecular complexity index is 2160. The average Bonchev–Trinajstić information content (AvgIpc) is 4.10. The Morgan fingerprint density at radius 2 is 0.596 bits per heavy atom. The molecule has 3 aromatic heterocycles. The fourth-order valence-electron chi connectivity index (χ4n) is 5.17. The molecule has 0 aliphatic carbocycles. The minimum Gasteiger partial charge on any atom is -0.355 e. The van der Waals surface area contributed by atoms with Gasteiger partial charge in [0.1, 0.15) is 0 Å². The van der Waals surface area contributed by atoms with Crippen molar-refractivity contribution >= 4 is 46.4 Å². The SMILES string of the molecule is C1=Cc2cc3ccc(cc4ccc(cc5nc(cc1n2)C=C5)[nH]4)[nH]3.NCc1cc[c-]cc1.NCc1cc[c-]cc1.NCc1cc[c-]cc1.NCc1cc[c-]cc1.[Fe+4]. The summed E-state index contributed by atoms with van der Waals surface area (Å²) in [5.41, 5.74) is 33.8. The molecule has 0 saturated carbocycles. The zero-order valence-corrected chi connectivity index (χ0v) is 32.7. The largest absolute Gasteiger partial charge is 4.00 e. The minimum atomic E-state index is 0. The van der Waals surface area contributed by atoms with Gasteiger partial charge in [-0.3, -0.25) is 0 Å². The molecule has 7 aromatic rings. The van der Waals surface area contributed by atoms with Gasteiger partial charge >= 0.3 is 17.1 Å². The quantitative estimate of drug-likeness (QED) is 0.0775. The number of H-pyrrole nitrogens is 2. The molecular weight excluding hydrogens is 744 g/mol. The van der Waals surface area contributed by atoms with Crippen molar-refractivity contribution < 1.29 is 17.1 Å². The van der Waals surface area contributed by atoms with E-state index in [9.17, 15) is 0 Å². The molecule has 286 valence electrons. The number of aromatic nitrogens is 4. The summed E-state index contributed by atoms with van der Waals surface area (Å²) in [4.78, 5) is 16.0. The van der Waals surface area contributed by atoms with Crippen molar-refractivity contribution in [2.45, 2.75) is 26.2 Å². The summed E-state index contributed by atoms with van der Waals surface area (Å²) in [7, 11) is 0. The molecule has 9 rings (SSSR count). The zero-order chi connectivity index (χ0) is 39.2. The fourth-order valence-corrected chi connectivity index (χ4v) is 5.17. The second-order valence-electron chi connectivity index (χ2n) is 12.4. The van der Waals surface area contributed by atoms with Crippen LogP contribution >= 0.6 is 0 Å². The van der Waals surface area contributed by atoms with Crippen molar-refractivity contribution in [1.82, 2.24) is 19.9 Å². The third-order valence-corrected chi connectivity index (χ3v) is 8.13. The van der Waals surface area contributed by atoms with Gasteiger partial charge in [-0.1, -0.05) is 0 Å². The van der Waals surface area contributed by atoms with E-state index in [0.717, 1.165) is 67.1 Å². The fraction of sp³-hybridized carbons (Fsp3) is 0.0833. The van der Waals surface area contributed by atoms with E-state index in [1.165, 1.54) is 0 Å². The first-order valence-electron chi connectivity index (χ1n) is 18.2. The Balaban J connectivity index is 0.000000180. The minimum absolute atomic E-state index is 0. The summed E-state index contributed by atoms with van der Waals surface area (Å²) in [5.74, 6) is 0. The molecule has 0 amide bonds. The van der Waals surface area contributed by atoms with Crippen molar-refractivity contribution in [3.05, 3.63) is 215 Å². The molecule has 8 nitrogen and oxygen atoms in total. The topological polar surface area (TPSA) is 161 Å². The number of nitrogens with one attached hydrogen (secondary N) is 2. The van der Waals surface area contributed by atoms with Crippen LogP contribution in [0.5, 0.6) is 0 Å². The smallest absolute Gasteiger partial charge is 0.355 e. The average molecular weight is 791 g/mol. The van der Waals surface area contributed by atoms with Gasteiger partial charge in [0.05, 0.1) is 22.8 Å². The van der Waals surface area contributed by atoms with E-state index in [0.29, 0.717) is 26.2 Å². The predicted octanol–water partition coefficient (Wildman–Crippen LogP) is 8.44. The van der Waals surface area contributed by atoms with Gasteiger partial charge in [-0.2, -0.15) is 121 Å². The van der Waals surface area contributed by atoms with Crippen LogP contribution in [-0.4, -0.2) is 19.9 Å². The molecule has 0 atom stereocenters. The van der Waals surface area contributed by atoms with Crippen LogP contribution in [-0.2, 0) is 43.2 Å². The van der Waals surface area contributed by atoms with Crippen LogP contribution in [0.3, 0.4) is 0 Å². The standard InChI is InChI=1S/C20H14N4.4C7H8N.Fe/c1-2-14-10-16-5-6-18(23-16)12-20-8-7-19(24-20)11-17-4-3-15(22-17)9-13(1)21-14;4*8-6-7-4-2-1-3-5-7;/h1-12,21-22H;4*2-5H,6,8H2;/q;4*-1;+4. The van der Waals surface area contributed by atoms with E-state index in [1.54, 1.807) is 0 Å². The second-order valence-corrected chi connectivity index (χ2v) is 12.4. The number of aromatic amines is 2. The summed E-state index contributed by atoms with van der Waals surface area (Å²) in [6, 6.07) is 58.6. The third-order valence-electron chi connectivity index (χ3n) is 8.13. The van der Waals surface area contributed by atoms with Gasteiger partial charge in [0.2, 0.25) is 0 Å². The summed E-state index contributed by atoms with van der Waals surface area (Å²) < 4.78 is 0. The number of fused-ring (bicyclic) bond motifs is 8. The van der Waals surface area contributed by atoms with E-state index < -0.39 is 0 Å². The molecule has 10 N–H and O–H groups in total. The molecular formula is C48H46FeN8. The van der Waals surface area contributed by atoms with Crippen molar-refractivity contribution in [1.29, 1.82) is 0 Å². The summed E-state index contributed by atoms with van der Waals surface area (Å²) >= 11 is 0. The Morgan fingerprint density at radius 1 is 0.351 bits per heavy atom. The van der Waals surface area contributed by atoms with E-state index in [4.69, 9.17) is 22.9 Å². The molecule has 57 heavy (non-hydrogen) atoms. The van der Waals surface area contributed by atoms with Gasteiger partial charge in [-0.05, 0) is 99.0 Å². The second kappa shape index (κ2) is 24.4. The maximum absolute atomic E-state index is 5.34. The first-order chi connectivity index (χ1) is 27.5. The summed E-state index contributed by atoms with van der Waals surface area (Å²) in [6.07, 6.45) is 8.05. The Morgan fingerprint density at radius 3 is 0.842 bits per heavy atom. The summed E-state index contributed by atoms with van der Waals surface area (Å²) in [6.45, 7) is 2.48. The van der Waals surface area contributed by atoms with Crippen molar-refractivity contribution in [2.24, 2.45) is 22.9 Å². The molecule has 4 aromatic carbocycles. The number of hydrogen-bond acceptors (Lipinski definition) is 6. The van der Waals surface area contributed by atoms with Crippen molar-refractivity contribution in [2.75, 3.05) is 0 Å². The first kappa shape index (κ1) is 43.6. The number of benzene rings is 4. The number of nitrogens with zero attached hydrogens (tertiary/aromatic N) is 2. The van der Waals surface area contributed by atoms with Crippen LogP contribution < -0.4 is 22.9 Å². The molecule has 9 heteroatoms. The van der Waals surface area contributed by atoms with E-state index in [2.05, 4.69) is 74.5 Å². The van der Waals surface area contributed by atoms with Gasteiger partial charge in [0.15, 0.2) is 0 Å². The number of rotatable bonds is 4. The van der Waals surface area contributed by atoms with Crippen LogP contribution in [0.1, 0.15) is 45.0 Å². The van der Waals surface area contributed by atoms with Crippen LogP contribution in [0, 0.1) is 24.3 Å². The zero-order valence-electron chi connectivity index (χ0n) is 31.6. The molecule has 0 unspecified atom stereocenters. The molecule has 2 aliphatic heterocycles. The Hall–Kier alpha value is -6.16. The van der Waals surface area contributed by atoms with Crippen molar-refractivity contribution in [3.8, 4) is 0 Å². The first-order valence-corrected chi connectivity index (χ1v) is 18.2. The predicted molar refractivity (Wildman–Crippen MR) is 232 cm³/mol. The van der Waals surface area contributed by atoms with Crippen LogP contribution in [0.4, 0.5) is 0 Å². The molecule has 0 spiro atoms.